The van der Waals surface area contributed by atoms with Crippen molar-refractivity contribution < 1.29 is 22.6 Å². The molecule has 0 atom stereocenters. The van der Waals surface area contributed by atoms with Crippen LogP contribution in [0, 0.1) is 12.7 Å². The summed E-state index contributed by atoms with van der Waals surface area (Å²) in [6.45, 7) is -4.56. The van der Waals surface area contributed by atoms with E-state index >= 15 is 0 Å². The van der Waals surface area contributed by atoms with Gasteiger partial charge in [-0.15, -0.1) is 0 Å². The van der Waals surface area contributed by atoms with Crippen LogP contribution >= 0.6 is 0 Å². The van der Waals surface area contributed by atoms with Gasteiger partial charge in [-0.25, -0.2) is 9.37 Å². The second-order valence-corrected chi connectivity index (χ2v) is 7.43. The quantitative estimate of drug-likeness (QED) is 0.645. The molecule has 0 saturated carbocycles. The summed E-state index contributed by atoms with van der Waals surface area (Å²) >= 11 is 0. The van der Waals surface area contributed by atoms with Gasteiger partial charge < -0.3 is 9.42 Å². The first kappa shape index (κ1) is 11.2. The zero-order chi connectivity index (χ0) is 29.6. The molecule has 1 saturated heterocycles. The molecular formula is C23H27FN4O2. The molecular weight excluding hydrogens is 383 g/mol. The third-order valence-electron chi connectivity index (χ3n) is 5.52. The maximum atomic E-state index is 13.6. The molecule has 2 aliphatic rings. The van der Waals surface area contributed by atoms with Crippen molar-refractivity contribution in [1.82, 2.24) is 19.6 Å². The largest absolute Gasteiger partial charge is 0.356 e. The second kappa shape index (κ2) is 7.95. The van der Waals surface area contributed by atoms with Gasteiger partial charge >= 0.3 is 0 Å². The Bertz CT molecular complexity index is 1550. The van der Waals surface area contributed by atoms with Crippen molar-refractivity contribution in [3.63, 3.8) is 0 Å². The predicted molar refractivity (Wildman–Crippen MR) is 112 cm³/mol. The molecule has 0 radical (unpaired) electrons. The number of halogens is 1. The zero-order valence-electron chi connectivity index (χ0n) is 26.3. The van der Waals surface area contributed by atoms with Crippen molar-refractivity contribution in [3.8, 4) is 0 Å². The molecule has 5 rings (SSSR count). The van der Waals surface area contributed by atoms with Crippen LogP contribution in [0.5, 0.6) is 0 Å². The van der Waals surface area contributed by atoms with Crippen LogP contribution in [0.4, 0.5) is 4.39 Å². The molecule has 30 heavy (non-hydrogen) atoms. The number of nitrogens with zero attached hydrogens (tertiary/aromatic N) is 4. The minimum Gasteiger partial charge on any atom is -0.356 e. The van der Waals surface area contributed by atoms with Crippen molar-refractivity contribution in [2.24, 2.45) is 0 Å². The monoisotopic (exact) mass is 420 g/mol. The van der Waals surface area contributed by atoms with E-state index in [2.05, 4.69) is 10.1 Å². The fourth-order valence-electron chi connectivity index (χ4n) is 3.90. The molecule has 0 N–H and O–H groups in total. The molecule has 158 valence electrons. The summed E-state index contributed by atoms with van der Waals surface area (Å²) in [5.74, 6) is -1.01. The van der Waals surface area contributed by atoms with E-state index in [0.717, 1.165) is 0 Å². The Labute approximate surface area is 188 Å². The fourth-order valence-corrected chi connectivity index (χ4v) is 3.90. The second-order valence-electron chi connectivity index (χ2n) is 7.43. The predicted octanol–water partition coefficient (Wildman–Crippen LogP) is 3.59. The van der Waals surface area contributed by atoms with Gasteiger partial charge in [0.15, 0.2) is 5.58 Å². The topological polar surface area (TPSA) is 64.2 Å². The SMILES string of the molecule is [2H]C1([2H])Cc2nc(C)c(C([2H])([2H])C([2H])([2H])N3CCC(c4noc5cc(F)ccc45)CC3)c(=O)n2C([2H])([2H])C1([2H])[2H]. The van der Waals surface area contributed by atoms with Gasteiger partial charge in [0, 0.05) is 61.8 Å². The van der Waals surface area contributed by atoms with Crippen molar-refractivity contribution in [2.75, 3.05) is 19.6 Å². The smallest absolute Gasteiger partial charge is 0.256 e. The van der Waals surface area contributed by atoms with E-state index < -0.39 is 55.5 Å². The highest BCUT2D eigenvalue weighted by atomic mass is 19.1. The van der Waals surface area contributed by atoms with Crippen LogP contribution in [0.1, 0.15) is 68.0 Å². The Morgan fingerprint density at radius 3 is 3.00 bits per heavy atom. The molecule has 4 heterocycles. The number of benzene rings is 1. The summed E-state index contributed by atoms with van der Waals surface area (Å²) in [4.78, 5) is 18.9. The number of hydrogen-bond donors (Lipinski definition) is 0. The van der Waals surface area contributed by atoms with Crippen LogP contribution < -0.4 is 5.56 Å². The molecule has 0 bridgehead atoms. The molecule has 1 fully saturated rings. The number of fused-ring (bicyclic) bond motifs is 2. The summed E-state index contributed by atoms with van der Waals surface area (Å²) in [6, 6.07) is 4.08. The lowest BCUT2D eigenvalue weighted by atomic mass is 9.91. The zero-order valence-corrected chi connectivity index (χ0v) is 16.3. The first-order valence-electron chi connectivity index (χ1n) is 14.8. The van der Waals surface area contributed by atoms with Gasteiger partial charge in [-0.1, -0.05) is 5.16 Å². The first-order valence-corrected chi connectivity index (χ1v) is 9.78. The number of hydrogen-bond acceptors (Lipinski definition) is 5. The highest BCUT2D eigenvalue weighted by molar-refractivity contribution is 5.79. The standard InChI is InChI=1S/C23H27FN4O2/c1-15-18(23(29)28-10-3-2-4-21(28)25-15)9-13-27-11-7-16(8-12-27)22-19-6-5-17(24)14-20(19)30-26-22/h5-6,14,16H,2-4,7-13H2,1H3/i2D2,3D2,9D2,10D2,13D2. The maximum absolute atomic E-state index is 13.6. The molecule has 0 unspecified atom stereocenters. The Balaban J connectivity index is 1.47. The van der Waals surface area contributed by atoms with Crippen LogP contribution in [-0.4, -0.2) is 39.2 Å². The lowest BCUT2D eigenvalue weighted by Gasteiger charge is -2.31. The third kappa shape index (κ3) is 3.55. The molecule has 0 amide bonds. The summed E-state index contributed by atoms with van der Waals surface area (Å²) in [6.07, 6.45) is -8.85. The van der Waals surface area contributed by atoms with Crippen LogP contribution in [0.3, 0.4) is 0 Å². The van der Waals surface area contributed by atoms with Gasteiger partial charge in [-0.05, 0) is 64.1 Å². The molecule has 6 nitrogen and oxygen atoms in total. The molecule has 3 aromatic rings. The molecule has 7 heteroatoms. The van der Waals surface area contributed by atoms with E-state index in [1.807, 2.05) is 0 Å². The summed E-state index contributed by atoms with van der Waals surface area (Å²) in [5, 5.41) is 4.71. The normalized spacial score (nSPS) is 29.0. The van der Waals surface area contributed by atoms with Crippen LogP contribution in [0.2, 0.25) is 0 Å². The lowest BCUT2D eigenvalue weighted by Crippen LogP contribution is -2.37. The van der Waals surface area contributed by atoms with E-state index in [1.54, 1.807) is 6.07 Å². The van der Waals surface area contributed by atoms with Gasteiger partial charge in [0.25, 0.3) is 5.56 Å². The van der Waals surface area contributed by atoms with E-state index in [1.165, 1.54) is 24.0 Å². The van der Waals surface area contributed by atoms with Crippen LogP contribution in [0.25, 0.3) is 11.0 Å². The molecule has 0 aliphatic carbocycles. The van der Waals surface area contributed by atoms with Crippen molar-refractivity contribution in [1.29, 1.82) is 0 Å². The van der Waals surface area contributed by atoms with Gasteiger partial charge in [0.05, 0.1) is 5.69 Å². The average Bonchev–Trinajstić information content (AvgIpc) is 3.25. The van der Waals surface area contributed by atoms with Crippen LogP contribution in [0.15, 0.2) is 27.5 Å². The number of aryl methyl sites for hydroxylation is 2. The molecule has 2 aliphatic heterocycles. The minimum atomic E-state index is -3.22. The first-order chi connectivity index (χ1) is 18.3. The third-order valence-corrected chi connectivity index (χ3v) is 5.52. The van der Waals surface area contributed by atoms with E-state index in [-0.39, 0.29) is 36.1 Å². The molecule has 2 aromatic heterocycles. The summed E-state index contributed by atoms with van der Waals surface area (Å²) < 4.78 is 103. The number of piperidine rings is 1. The number of aromatic nitrogens is 3. The van der Waals surface area contributed by atoms with Gasteiger partial charge in [-0.2, -0.15) is 0 Å². The van der Waals surface area contributed by atoms with E-state index in [0.29, 0.717) is 28.5 Å². The van der Waals surface area contributed by atoms with Gasteiger partial charge in [0.2, 0.25) is 0 Å². The van der Waals surface area contributed by atoms with E-state index in [4.69, 9.17) is 18.2 Å². The number of rotatable bonds is 4. The van der Waals surface area contributed by atoms with E-state index in [9.17, 15) is 9.18 Å². The Hall–Kier alpha value is -2.54. The average molecular weight is 421 g/mol. The fraction of sp³-hybridized carbons (Fsp3) is 0.522. The minimum absolute atomic E-state index is 0.0784. The van der Waals surface area contributed by atoms with Gasteiger partial charge in [-0.3, -0.25) is 9.36 Å². The Morgan fingerprint density at radius 2 is 2.17 bits per heavy atom. The van der Waals surface area contributed by atoms with Gasteiger partial charge in [0.1, 0.15) is 11.6 Å². The summed E-state index contributed by atoms with van der Waals surface area (Å²) in [7, 11) is 0. The lowest BCUT2D eigenvalue weighted by molar-refractivity contribution is 0.211. The molecule has 1 aromatic carbocycles. The van der Waals surface area contributed by atoms with Crippen molar-refractivity contribution in [3.05, 3.63) is 57.1 Å². The number of likely N-dealkylation sites (tertiary alicyclic amines) is 1. The highest BCUT2D eigenvalue weighted by Gasteiger charge is 2.25. The molecule has 0 spiro atoms. The van der Waals surface area contributed by atoms with Crippen molar-refractivity contribution in [2.45, 2.75) is 57.7 Å². The Kier molecular flexibility index (Phi) is 2.96. The summed E-state index contributed by atoms with van der Waals surface area (Å²) in [5.41, 5.74) is -1.39. The van der Waals surface area contributed by atoms with Crippen LogP contribution in [-0.2, 0) is 19.3 Å². The van der Waals surface area contributed by atoms with Crippen molar-refractivity contribution >= 4 is 11.0 Å². The maximum Gasteiger partial charge on any atom is 0.256 e. The Morgan fingerprint density at radius 1 is 1.33 bits per heavy atom. The highest BCUT2D eigenvalue weighted by Crippen LogP contribution is 2.32.